The van der Waals surface area contributed by atoms with Gasteiger partial charge in [0.2, 0.25) is 0 Å². The third-order valence-electron chi connectivity index (χ3n) is 8.31. The summed E-state index contributed by atoms with van der Waals surface area (Å²) in [6.07, 6.45) is 7.70. The maximum absolute atomic E-state index is 10.7. The Morgan fingerprint density at radius 2 is 1.92 bits per heavy atom. The van der Waals surface area contributed by atoms with Gasteiger partial charge in [-0.15, -0.1) is 0 Å². The van der Waals surface area contributed by atoms with Crippen LogP contribution in [0.25, 0.3) is 0 Å². The molecule has 0 radical (unpaired) electrons. The fourth-order valence-corrected chi connectivity index (χ4v) is 6.69. The number of hydrogen-bond donors (Lipinski definition) is 3. The highest BCUT2D eigenvalue weighted by atomic mass is 16.6. The molecule has 2 fully saturated rings. The fourth-order valence-electron chi connectivity index (χ4n) is 6.69. The minimum atomic E-state index is -0.803. The van der Waals surface area contributed by atoms with E-state index in [1.54, 1.807) is 6.08 Å². The van der Waals surface area contributed by atoms with Gasteiger partial charge in [0, 0.05) is 0 Å². The van der Waals surface area contributed by atoms with E-state index in [0.29, 0.717) is 22.8 Å². The zero-order chi connectivity index (χ0) is 18.9. The quantitative estimate of drug-likeness (QED) is 0.533. The van der Waals surface area contributed by atoms with Crippen molar-refractivity contribution in [1.29, 1.82) is 0 Å². The first-order valence-electron chi connectivity index (χ1n) is 10.2. The number of aliphatic hydroxyl groups is 3. The van der Waals surface area contributed by atoms with Crippen molar-refractivity contribution in [1.82, 2.24) is 0 Å². The lowest BCUT2D eigenvalue weighted by atomic mass is 9.47. The summed E-state index contributed by atoms with van der Waals surface area (Å²) in [6.45, 7) is 9.25. The van der Waals surface area contributed by atoms with Gasteiger partial charge in [-0.3, -0.25) is 0 Å². The molecule has 0 amide bonds. The molecule has 0 bridgehead atoms. The van der Waals surface area contributed by atoms with Crippen molar-refractivity contribution in [3.63, 3.8) is 0 Å². The number of allylic oxidation sites excluding steroid dienone is 2. The molecule has 0 aromatic carbocycles. The van der Waals surface area contributed by atoms with Crippen molar-refractivity contribution in [2.24, 2.45) is 22.7 Å². The van der Waals surface area contributed by atoms with Gasteiger partial charge in [-0.2, -0.15) is 0 Å². The number of ether oxygens (including phenoxy) is 1. The van der Waals surface area contributed by atoms with Crippen LogP contribution < -0.4 is 0 Å². The molecule has 1 aliphatic heterocycles. The van der Waals surface area contributed by atoms with Crippen LogP contribution in [-0.4, -0.2) is 45.8 Å². The summed E-state index contributed by atoms with van der Waals surface area (Å²) in [5.41, 5.74) is 1.73. The fraction of sp³-hybridized carbons (Fsp3) is 0.818. The van der Waals surface area contributed by atoms with E-state index in [0.717, 1.165) is 12.8 Å². The van der Waals surface area contributed by atoms with Crippen molar-refractivity contribution in [2.75, 3.05) is 6.61 Å². The lowest BCUT2D eigenvalue weighted by Gasteiger charge is -2.57. The summed E-state index contributed by atoms with van der Waals surface area (Å²) < 4.78 is 5.96. The Bertz CT molecular complexity index is 651. The summed E-state index contributed by atoms with van der Waals surface area (Å²) in [5.74, 6) is 0.997. The topological polar surface area (TPSA) is 73.2 Å². The van der Waals surface area contributed by atoms with Crippen LogP contribution in [0.3, 0.4) is 0 Å². The molecule has 4 aliphatic rings. The minimum Gasteiger partial charge on any atom is -0.392 e. The molecule has 4 heteroatoms. The van der Waals surface area contributed by atoms with Crippen molar-refractivity contribution in [3.8, 4) is 0 Å². The number of fused-ring (bicyclic) bond motifs is 2. The van der Waals surface area contributed by atoms with Crippen LogP contribution in [0, 0.1) is 22.7 Å². The van der Waals surface area contributed by atoms with Crippen LogP contribution in [0.5, 0.6) is 0 Å². The summed E-state index contributed by atoms with van der Waals surface area (Å²) in [5, 5.41) is 30.6. The Morgan fingerprint density at radius 3 is 2.62 bits per heavy atom. The molecule has 1 heterocycles. The highest BCUT2D eigenvalue weighted by molar-refractivity contribution is 5.33. The van der Waals surface area contributed by atoms with Crippen molar-refractivity contribution < 1.29 is 20.1 Å². The molecule has 3 N–H and O–H groups in total. The van der Waals surface area contributed by atoms with E-state index in [4.69, 9.17) is 4.74 Å². The van der Waals surface area contributed by atoms with Gasteiger partial charge in [-0.25, -0.2) is 0 Å². The van der Waals surface area contributed by atoms with E-state index in [-0.39, 0.29) is 12.0 Å². The van der Waals surface area contributed by atoms with Crippen molar-refractivity contribution in [2.45, 2.75) is 83.7 Å². The molecule has 4 nitrogen and oxygen atoms in total. The molecular weight excluding hydrogens is 328 g/mol. The van der Waals surface area contributed by atoms with Gasteiger partial charge >= 0.3 is 0 Å². The predicted octanol–water partition coefficient (Wildman–Crippen LogP) is 2.97. The Kier molecular flexibility index (Phi) is 4.24. The average molecular weight is 363 g/mol. The summed E-state index contributed by atoms with van der Waals surface area (Å²) >= 11 is 0. The zero-order valence-electron chi connectivity index (χ0n) is 16.5. The Labute approximate surface area is 156 Å². The summed E-state index contributed by atoms with van der Waals surface area (Å²) in [7, 11) is 0. The van der Waals surface area contributed by atoms with Crippen LogP contribution in [0.1, 0.15) is 59.8 Å². The van der Waals surface area contributed by atoms with E-state index < -0.39 is 23.9 Å². The molecule has 26 heavy (non-hydrogen) atoms. The van der Waals surface area contributed by atoms with Crippen LogP contribution in [0.2, 0.25) is 0 Å². The number of hydrogen-bond acceptors (Lipinski definition) is 4. The van der Waals surface area contributed by atoms with E-state index in [1.165, 1.54) is 24.8 Å². The Hall–Kier alpha value is -0.680. The highest BCUT2D eigenvalue weighted by Gasteiger charge is 2.68. The second-order valence-electron chi connectivity index (χ2n) is 10.1. The van der Waals surface area contributed by atoms with Crippen LogP contribution >= 0.6 is 0 Å². The summed E-state index contributed by atoms with van der Waals surface area (Å²) in [6, 6.07) is 0. The largest absolute Gasteiger partial charge is 0.392 e. The lowest BCUT2D eigenvalue weighted by molar-refractivity contribution is -0.0506. The van der Waals surface area contributed by atoms with Crippen LogP contribution in [0.4, 0.5) is 0 Å². The van der Waals surface area contributed by atoms with Crippen molar-refractivity contribution >= 4 is 0 Å². The first kappa shape index (κ1) is 18.7. The Morgan fingerprint density at radius 1 is 1.19 bits per heavy atom. The maximum atomic E-state index is 10.7. The van der Waals surface area contributed by atoms with Crippen molar-refractivity contribution in [3.05, 3.63) is 23.3 Å². The van der Waals surface area contributed by atoms with Gasteiger partial charge in [-0.1, -0.05) is 38.8 Å². The van der Waals surface area contributed by atoms with Gasteiger partial charge in [0.25, 0.3) is 0 Å². The minimum absolute atomic E-state index is 0.206. The molecule has 0 spiro atoms. The molecule has 3 aliphatic carbocycles. The molecular formula is C22H34O4. The molecule has 0 aromatic heterocycles. The summed E-state index contributed by atoms with van der Waals surface area (Å²) in [4.78, 5) is 0. The second-order valence-corrected chi connectivity index (χ2v) is 10.1. The molecule has 1 saturated carbocycles. The zero-order valence-corrected chi connectivity index (χ0v) is 16.5. The average Bonchev–Trinajstić information content (AvgIpc) is 3.30. The molecule has 4 rings (SSSR count). The number of epoxide rings is 1. The van der Waals surface area contributed by atoms with Gasteiger partial charge in [0.15, 0.2) is 0 Å². The van der Waals surface area contributed by atoms with E-state index in [1.807, 2.05) is 0 Å². The Balaban J connectivity index is 1.65. The van der Waals surface area contributed by atoms with Gasteiger partial charge < -0.3 is 20.1 Å². The lowest BCUT2D eigenvalue weighted by Crippen LogP contribution is -2.51. The number of rotatable bonds is 3. The van der Waals surface area contributed by atoms with Gasteiger partial charge in [0.1, 0.15) is 23.9 Å². The van der Waals surface area contributed by atoms with E-state index in [2.05, 4.69) is 33.8 Å². The molecule has 146 valence electrons. The van der Waals surface area contributed by atoms with E-state index in [9.17, 15) is 15.3 Å². The smallest absolute Gasteiger partial charge is 0.128 e. The normalized spacial score (nSPS) is 49.6. The molecule has 0 unspecified atom stereocenters. The van der Waals surface area contributed by atoms with Crippen LogP contribution in [-0.2, 0) is 4.74 Å². The maximum Gasteiger partial charge on any atom is 0.128 e. The first-order valence-corrected chi connectivity index (χ1v) is 10.2. The van der Waals surface area contributed by atoms with E-state index >= 15 is 0 Å². The number of aliphatic hydroxyl groups excluding tert-OH is 3. The molecule has 0 aromatic rings. The highest BCUT2D eigenvalue weighted by Crippen LogP contribution is 2.63. The monoisotopic (exact) mass is 362 g/mol. The first-order chi connectivity index (χ1) is 12.2. The van der Waals surface area contributed by atoms with Gasteiger partial charge in [0.05, 0.1) is 6.61 Å². The second kappa shape index (κ2) is 5.91. The SMILES string of the molecule is CC1=CC[C@H]2C(C)(C)CCC[C@@]2(C)[C@@H]1C[C@]12O[C@H]1[C@@H](O)C(CO)=C[C@H]2O. The van der Waals surface area contributed by atoms with Gasteiger partial charge in [-0.05, 0) is 66.9 Å². The van der Waals surface area contributed by atoms with Crippen LogP contribution in [0.15, 0.2) is 23.3 Å². The predicted molar refractivity (Wildman–Crippen MR) is 100 cm³/mol. The third-order valence-corrected chi connectivity index (χ3v) is 8.31. The standard InChI is InChI=1S/C22H34O4/c1-13-6-7-16-20(2,3)8-5-9-21(16,4)15(13)11-22-17(24)10-14(12-23)18(25)19(22)26-22/h6,10,15-19,23-25H,5,7-9,11-12H2,1-4H3/t15-,16+,17-,18+,19+,21+,22-/m1/s1. The molecule has 1 saturated heterocycles. The molecule has 7 atom stereocenters. The third kappa shape index (κ3) is 2.49.